The molecular weight excluding hydrogens is 326 g/mol. The zero-order valence-corrected chi connectivity index (χ0v) is 15.3. The maximum Gasteiger partial charge on any atom is 0.194 e. The number of nitrogens with zero attached hydrogens (tertiary/aromatic N) is 2. The van der Waals surface area contributed by atoms with Crippen LogP contribution in [-0.2, 0) is 6.54 Å². The molecule has 5 heteroatoms. The number of guanidine groups is 1. The number of benzene rings is 2. The van der Waals surface area contributed by atoms with Gasteiger partial charge in [0.15, 0.2) is 5.96 Å². The van der Waals surface area contributed by atoms with Gasteiger partial charge in [-0.2, -0.15) is 0 Å². The topological polar surface area (TPSA) is 57.1 Å². The lowest BCUT2D eigenvalue weighted by Crippen LogP contribution is -2.47. The molecule has 0 aromatic heterocycles. The Morgan fingerprint density at radius 1 is 1.12 bits per heavy atom. The first-order valence-corrected chi connectivity index (χ1v) is 9.27. The van der Waals surface area contributed by atoms with E-state index < -0.39 is 0 Å². The average Bonchev–Trinajstić information content (AvgIpc) is 2.68. The highest BCUT2D eigenvalue weighted by Gasteiger charge is 2.22. The van der Waals surface area contributed by atoms with Crippen LogP contribution in [0.1, 0.15) is 25.3 Å². The van der Waals surface area contributed by atoms with E-state index in [1.54, 1.807) is 12.1 Å². The molecule has 0 spiro atoms. The van der Waals surface area contributed by atoms with E-state index in [2.05, 4.69) is 17.1 Å². The van der Waals surface area contributed by atoms with Crippen molar-refractivity contribution in [2.45, 2.75) is 32.4 Å². The van der Waals surface area contributed by atoms with Crippen LogP contribution in [0.25, 0.3) is 0 Å². The van der Waals surface area contributed by atoms with E-state index in [1.807, 2.05) is 42.5 Å². The number of hydrogen-bond acceptors (Lipinski definition) is 3. The second kappa shape index (κ2) is 9.13. The van der Waals surface area contributed by atoms with Crippen LogP contribution in [-0.4, -0.2) is 41.7 Å². The molecular formula is C21H27N3O2. The van der Waals surface area contributed by atoms with Gasteiger partial charge in [-0.05, 0) is 36.8 Å². The highest BCUT2D eigenvalue weighted by Crippen LogP contribution is 2.19. The summed E-state index contributed by atoms with van der Waals surface area (Å²) in [6, 6.07) is 17.2. The summed E-state index contributed by atoms with van der Waals surface area (Å²) >= 11 is 0. The van der Waals surface area contributed by atoms with Gasteiger partial charge in [-0.25, -0.2) is 4.99 Å². The molecule has 2 aromatic carbocycles. The Bertz CT molecular complexity index is 693. The first-order chi connectivity index (χ1) is 12.7. The van der Waals surface area contributed by atoms with Crippen LogP contribution in [0.4, 0.5) is 0 Å². The van der Waals surface area contributed by atoms with Gasteiger partial charge in [-0.15, -0.1) is 0 Å². The minimum atomic E-state index is 0.258. The Morgan fingerprint density at radius 2 is 1.81 bits per heavy atom. The molecule has 5 nitrogen and oxygen atoms in total. The molecule has 2 N–H and O–H groups in total. The Hall–Kier alpha value is -2.69. The van der Waals surface area contributed by atoms with Gasteiger partial charge in [-0.3, -0.25) is 0 Å². The number of phenolic OH excluding ortho intramolecular Hbond substituents is 1. The Morgan fingerprint density at radius 3 is 2.46 bits per heavy atom. The number of rotatable bonds is 5. The summed E-state index contributed by atoms with van der Waals surface area (Å²) in [6.07, 6.45) is 2.23. The third-order valence-corrected chi connectivity index (χ3v) is 4.47. The van der Waals surface area contributed by atoms with Crippen molar-refractivity contribution in [3.8, 4) is 11.5 Å². The van der Waals surface area contributed by atoms with Crippen LogP contribution in [0.3, 0.4) is 0 Å². The van der Waals surface area contributed by atoms with Gasteiger partial charge in [0.25, 0.3) is 0 Å². The summed E-state index contributed by atoms with van der Waals surface area (Å²) in [4.78, 5) is 7.06. The molecule has 0 bridgehead atoms. The summed E-state index contributed by atoms with van der Waals surface area (Å²) in [6.45, 7) is 5.39. The number of para-hydroxylation sites is 1. The zero-order valence-electron chi connectivity index (χ0n) is 15.3. The highest BCUT2D eigenvalue weighted by molar-refractivity contribution is 5.80. The molecule has 0 saturated carbocycles. The summed E-state index contributed by atoms with van der Waals surface area (Å²) < 4.78 is 6.07. The second-order valence-corrected chi connectivity index (χ2v) is 6.45. The number of phenols is 1. The first-order valence-electron chi connectivity index (χ1n) is 9.27. The van der Waals surface area contributed by atoms with E-state index in [0.717, 1.165) is 49.7 Å². The molecule has 1 aliphatic rings. The quantitative estimate of drug-likeness (QED) is 0.639. The molecule has 1 fully saturated rings. The number of nitrogens with one attached hydrogen (secondary N) is 1. The van der Waals surface area contributed by atoms with Crippen LogP contribution in [0.15, 0.2) is 59.6 Å². The molecule has 0 radical (unpaired) electrons. The fourth-order valence-corrected chi connectivity index (χ4v) is 3.07. The standard InChI is InChI=1S/C21H27N3O2/c1-2-22-21(23-16-17-8-10-18(25)11-9-17)24-14-12-20(13-15-24)26-19-6-4-3-5-7-19/h3-11,20,25H,2,12-16H2,1H3,(H,22,23). The lowest BCUT2D eigenvalue weighted by molar-refractivity contribution is 0.129. The Kier molecular flexibility index (Phi) is 6.36. The minimum Gasteiger partial charge on any atom is -0.508 e. The molecule has 0 unspecified atom stereocenters. The van der Waals surface area contributed by atoms with Crippen LogP contribution >= 0.6 is 0 Å². The van der Waals surface area contributed by atoms with Gasteiger partial charge in [0, 0.05) is 32.5 Å². The van der Waals surface area contributed by atoms with Crippen LogP contribution < -0.4 is 10.1 Å². The van der Waals surface area contributed by atoms with Gasteiger partial charge >= 0.3 is 0 Å². The molecule has 26 heavy (non-hydrogen) atoms. The molecule has 1 heterocycles. The van der Waals surface area contributed by atoms with Crippen molar-refractivity contribution in [3.05, 3.63) is 60.2 Å². The summed E-state index contributed by atoms with van der Waals surface area (Å²) in [7, 11) is 0. The fourth-order valence-electron chi connectivity index (χ4n) is 3.07. The summed E-state index contributed by atoms with van der Waals surface area (Å²) in [5.41, 5.74) is 1.08. The zero-order chi connectivity index (χ0) is 18.2. The molecule has 1 aliphatic heterocycles. The van der Waals surface area contributed by atoms with Gasteiger partial charge in [0.2, 0.25) is 0 Å². The number of hydrogen-bond donors (Lipinski definition) is 2. The molecule has 0 amide bonds. The fraction of sp³-hybridized carbons (Fsp3) is 0.381. The highest BCUT2D eigenvalue weighted by atomic mass is 16.5. The summed E-state index contributed by atoms with van der Waals surface area (Å²) in [5, 5.41) is 12.8. The monoisotopic (exact) mass is 353 g/mol. The SMILES string of the molecule is CCNC(=NCc1ccc(O)cc1)N1CCC(Oc2ccccc2)CC1. The summed E-state index contributed by atoms with van der Waals surface area (Å²) in [5.74, 6) is 2.17. The minimum absolute atomic E-state index is 0.258. The van der Waals surface area contributed by atoms with E-state index in [4.69, 9.17) is 9.73 Å². The predicted octanol–water partition coefficient (Wildman–Crippen LogP) is 3.40. The molecule has 1 saturated heterocycles. The smallest absolute Gasteiger partial charge is 0.194 e. The van der Waals surface area contributed by atoms with Crippen molar-refractivity contribution < 1.29 is 9.84 Å². The molecule has 0 atom stereocenters. The maximum atomic E-state index is 9.38. The second-order valence-electron chi connectivity index (χ2n) is 6.45. The van der Waals surface area contributed by atoms with E-state index >= 15 is 0 Å². The number of ether oxygens (including phenoxy) is 1. The Labute approximate surface area is 155 Å². The normalized spacial score (nSPS) is 15.7. The van der Waals surface area contributed by atoms with E-state index in [-0.39, 0.29) is 11.9 Å². The Balaban J connectivity index is 1.55. The van der Waals surface area contributed by atoms with Crippen molar-refractivity contribution in [2.75, 3.05) is 19.6 Å². The van der Waals surface area contributed by atoms with E-state index in [1.165, 1.54) is 0 Å². The largest absolute Gasteiger partial charge is 0.508 e. The van der Waals surface area contributed by atoms with Gasteiger partial charge in [0.05, 0.1) is 6.54 Å². The number of piperidine rings is 1. The van der Waals surface area contributed by atoms with Crippen molar-refractivity contribution in [1.82, 2.24) is 10.2 Å². The molecule has 0 aliphatic carbocycles. The van der Waals surface area contributed by atoms with Gasteiger partial charge in [0.1, 0.15) is 17.6 Å². The molecule has 3 rings (SSSR count). The van der Waals surface area contributed by atoms with Gasteiger partial charge < -0.3 is 20.1 Å². The molecule has 2 aromatic rings. The number of aromatic hydroxyl groups is 1. The first kappa shape index (κ1) is 18.1. The van der Waals surface area contributed by atoms with Crippen molar-refractivity contribution >= 4 is 5.96 Å². The van der Waals surface area contributed by atoms with E-state index in [9.17, 15) is 5.11 Å². The maximum absolute atomic E-state index is 9.38. The molecule has 138 valence electrons. The lowest BCUT2D eigenvalue weighted by atomic mass is 10.1. The number of likely N-dealkylation sites (tertiary alicyclic amines) is 1. The average molecular weight is 353 g/mol. The third kappa shape index (κ3) is 5.15. The van der Waals surface area contributed by atoms with Crippen molar-refractivity contribution in [1.29, 1.82) is 0 Å². The number of aliphatic imine (C=N–C) groups is 1. The van der Waals surface area contributed by atoms with E-state index in [0.29, 0.717) is 6.54 Å². The van der Waals surface area contributed by atoms with Crippen molar-refractivity contribution in [3.63, 3.8) is 0 Å². The van der Waals surface area contributed by atoms with Crippen LogP contribution in [0.5, 0.6) is 11.5 Å². The van der Waals surface area contributed by atoms with Gasteiger partial charge in [-0.1, -0.05) is 30.3 Å². The van der Waals surface area contributed by atoms with Crippen LogP contribution in [0, 0.1) is 0 Å². The van der Waals surface area contributed by atoms with Crippen molar-refractivity contribution in [2.24, 2.45) is 4.99 Å². The lowest BCUT2D eigenvalue weighted by Gasteiger charge is -2.34. The van der Waals surface area contributed by atoms with Crippen LogP contribution in [0.2, 0.25) is 0 Å². The third-order valence-electron chi connectivity index (χ3n) is 4.47. The predicted molar refractivity (Wildman–Crippen MR) is 105 cm³/mol.